The number of hydrogen-bond donors (Lipinski definition) is 2. The Bertz CT molecular complexity index is 816. The van der Waals surface area contributed by atoms with Crippen LogP contribution in [0.2, 0.25) is 0 Å². The lowest BCUT2D eigenvalue weighted by Crippen LogP contribution is -2.47. The number of guanidine groups is 1. The SMILES string of the molecule is CN=C(NCC(c1cnn(C)c1)N(C)C)NCC(c1ccc(C)s1)N1CCOCC1.I. The summed E-state index contributed by atoms with van der Waals surface area (Å²) in [6.07, 6.45) is 3.99. The van der Waals surface area contributed by atoms with Gasteiger partial charge in [0, 0.05) is 61.8 Å². The van der Waals surface area contributed by atoms with Crippen LogP contribution in [0.3, 0.4) is 0 Å². The maximum absolute atomic E-state index is 5.56. The first-order chi connectivity index (χ1) is 14.5. The summed E-state index contributed by atoms with van der Waals surface area (Å²) in [4.78, 5) is 11.9. The van der Waals surface area contributed by atoms with Crippen molar-refractivity contribution in [3.8, 4) is 0 Å². The third-order valence-corrected chi connectivity index (χ3v) is 6.56. The third kappa shape index (κ3) is 7.41. The molecule has 2 aromatic heterocycles. The predicted octanol–water partition coefficient (Wildman–Crippen LogP) is 2.25. The largest absolute Gasteiger partial charge is 0.379 e. The molecule has 8 nitrogen and oxygen atoms in total. The zero-order chi connectivity index (χ0) is 21.5. The summed E-state index contributed by atoms with van der Waals surface area (Å²) >= 11 is 1.87. The van der Waals surface area contributed by atoms with E-state index in [-0.39, 0.29) is 30.0 Å². The molecule has 2 N–H and O–H groups in total. The number of aliphatic imine (C=N–C) groups is 1. The van der Waals surface area contributed by atoms with E-state index >= 15 is 0 Å². The van der Waals surface area contributed by atoms with Crippen LogP contribution in [0.1, 0.15) is 27.4 Å². The van der Waals surface area contributed by atoms with E-state index in [0.717, 1.165) is 45.4 Å². The Kier molecular flexibility index (Phi) is 10.7. The van der Waals surface area contributed by atoms with E-state index in [9.17, 15) is 0 Å². The van der Waals surface area contributed by atoms with Gasteiger partial charge in [-0.2, -0.15) is 5.10 Å². The molecular formula is C21H36IN7OS. The zero-order valence-corrected chi connectivity index (χ0v) is 22.3. The normalized spacial score (nSPS) is 17.3. The molecular weight excluding hydrogens is 525 g/mol. The lowest BCUT2D eigenvalue weighted by Gasteiger charge is -2.34. The van der Waals surface area contributed by atoms with Crippen molar-refractivity contribution in [3.63, 3.8) is 0 Å². The van der Waals surface area contributed by atoms with Gasteiger partial charge in [0.1, 0.15) is 0 Å². The monoisotopic (exact) mass is 561 g/mol. The van der Waals surface area contributed by atoms with Gasteiger partial charge in [-0.3, -0.25) is 14.6 Å². The first kappa shape index (κ1) is 26.0. The van der Waals surface area contributed by atoms with E-state index in [1.165, 1.54) is 15.3 Å². The number of morpholine rings is 1. The summed E-state index contributed by atoms with van der Waals surface area (Å²) < 4.78 is 7.40. The topological polar surface area (TPSA) is 70.0 Å². The summed E-state index contributed by atoms with van der Waals surface area (Å²) in [5, 5.41) is 11.4. The number of hydrogen-bond acceptors (Lipinski definition) is 6. The summed E-state index contributed by atoms with van der Waals surface area (Å²) in [7, 11) is 7.94. The Balaban J connectivity index is 0.00000341. The van der Waals surface area contributed by atoms with Gasteiger partial charge in [0.2, 0.25) is 0 Å². The van der Waals surface area contributed by atoms with Crippen molar-refractivity contribution < 1.29 is 4.74 Å². The molecule has 0 aliphatic carbocycles. The third-order valence-electron chi connectivity index (χ3n) is 5.46. The smallest absolute Gasteiger partial charge is 0.191 e. The Labute approximate surface area is 207 Å². The molecule has 0 radical (unpaired) electrons. The van der Waals surface area contributed by atoms with Crippen molar-refractivity contribution in [3.05, 3.63) is 39.8 Å². The molecule has 10 heteroatoms. The quantitative estimate of drug-likeness (QED) is 0.293. The van der Waals surface area contributed by atoms with Crippen molar-refractivity contribution in [1.29, 1.82) is 0 Å². The van der Waals surface area contributed by atoms with Gasteiger partial charge in [0.25, 0.3) is 0 Å². The van der Waals surface area contributed by atoms with E-state index < -0.39 is 0 Å². The van der Waals surface area contributed by atoms with Crippen LogP contribution in [0.4, 0.5) is 0 Å². The molecule has 2 atom stereocenters. The molecule has 1 aliphatic heterocycles. The average molecular weight is 562 g/mol. The number of aryl methyl sites for hydroxylation is 2. The van der Waals surface area contributed by atoms with Gasteiger partial charge in [-0.1, -0.05) is 0 Å². The maximum Gasteiger partial charge on any atom is 0.191 e. The van der Waals surface area contributed by atoms with Crippen molar-refractivity contribution in [1.82, 2.24) is 30.2 Å². The molecule has 2 aromatic rings. The van der Waals surface area contributed by atoms with Crippen molar-refractivity contribution in [2.24, 2.45) is 12.0 Å². The van der Waals surface area contributed by atoms with E-state index in [1.54, 1.807) is 0 Å². The first-order valence-electron chi connectivity index (χ1n) is 10.5. The number of nitrogens with one attached hydrogen (secondary N) is 2. The number of rotatable bonds is 8. The lowest BCUT2D eigenvalue weighted by molar-refractivity contribution is 0.0177. The van der Waals surface area contributed by atoms with E-state index in [0.29, 0.717) is 6.04 Å². The van der Waals surface area contributed by atoms with Gasteiger partial charge in [-0.25, -0.2) is 0 Å². The van der Waals surface area contributed by atoms with Gasteiger partial charge < -0.3 is 20.3 Å². The van der Waals surface area contributed by atoms with Crippen LogP contribution >= 0.6 is 35.3 Å². The number of halogens is 1. The zero-order valence-electron chi connectivity index (χ0n) is 19.2. The molecule has 174 valence electrons. The second-order valence-corrected chi connectivity index (χ2v) is 9.19. The predicted molar refractivity (Wildman–Crippen MR) is 139 cm³/mol. The number of likely N-dealkylation sites (N-methyl/N-ethyl adjacent to an activating group) is 1. The maximum atomic E-state index is 5.56. The van der Waals surface area contributed by atoms with Gasteiger partial charge >= 0.3 is 0 Å². The van der Waals surface area contributed by atoms with Crippen LogP contribution in [-0.4, -0.2) is 86.1 Å². The van der Waals surface area contributed by atoms with Crippen LogP contribution in [0.15, 0.2) is 29.5 Å². The molecule has 3 heterocycles. The van der Waals surface area contributed by atoms with Crippen LogP contribution in [0.5, 0.6) is 0 Å². The second-order valence-electron chi connectivity index (χ2n) is 7.87. The molecule has 0 aromatic carbocycles. The highest BCUT2D eigenvalue weighted by Gasteiger charge is 2.24. The highest BCUT2D eigenvalue weighted by molar-refractivity contribution is 14.0. The van der Waals surface area contributed by atoms with Crippen LogP contribution < -0.4 is 10.6 Å². The number of aromatic nitrogens is 2. The number of nitrogens with zero attached hydrogens (tertiary/aromatic N) is 5. The van der Waals surface area contributed by atoms with Gasteiger partial charge in [-0.15, -0.1) is 35.3 Å². The summed E-state index contributed by atoms with van der Waals surface area (Å²) in [5.74, 6) is 0.817. The van der Waals surface area contributed by atoms with Crippen molar-refractivity contribution in [2.75, 3.05) is 60.5 Å². The minimum Gasteiger partial charge on any atom is -0.379 e. The summed E-state index contributed by atoms with van der Waals surface area (Å²) in [6.45, 7) is 7.22. The van der Waals surface area contributed by atoms with E-state index in [2.05, 4.69) is 69.9 Å². The molecule has 0 bridgehead atoms. The highest BCUT2D eigenvalue weighted by Crippen LogP contribution is 2.28. The Hall–Kier alpha value is -1.21. The molecule has 1 aliphatic rings. The molecule has 3 rings (SSSR count). The first-order valence-corrected chi connectivity index (χ1v) is 11.3. The Morgan fingerprint density at radius 3 is 2.52 bits per heavy atom. The number of ether oxygens (including phenoxy) is 1. The fourth-order valence-electron chi connectivity index (χ4n) is 3.75. The lowest BCUT2D eigenvalue weighted by atomic mass is 10.1. The van der Waals surface area contributed by atoms with Gasteiger partial charge in [0.15, 0.2) is 5.96 Å². The van der Waals surface area contributed by atoms with Crippen LogP contribution in [0.25, 0.3) is 0 Å². The standard InChI is InChI=1S/C21H35N7OS.HI/c1-16-6-7-20(30-16)19(28-8-10-29-11-9-28)14-24-21(22-2)23-13-18(26(3)4)17-12-25-27(5)15-17;/h6-7,12,15,18-19H,8-11,13-14H2,1-5H3,(H2,22,23,24);1H. The van der Waals surface area contributed by atoms with Crippen LogP contribution in [-0.2, 0) is 11.8 Å². The number of thiophene rings is 1. The Morgan fingerprint density at radius 2 is 1.97 bits per heavy atom. The minimum atomic E-state index is 0. The van der Waals surface area contributed by atoms with Gasteiger partial charge in [0.05, 0.1) is 31.5 Å². The molecule has 0 spiro atoms. The molecule has 31 heavy (non-hydrogen) atoms. The highest BCUT2D eigenvalue weighted by atomic mass is 127. The van der Waals surface area contributed by atoms with Crippen LogP contribution in [0, 0.1) is 6.92 Å². The van der Waals surface area contributed by atoms with Crippen molar-refractivity contribution in [2.45, 2.75) is 19.0 Å². The van der Waals surface area contributed by atoms with Gasteiger partial charge in [-0.05, 0) is 33.2 Å². The summed E-state index contributed by atoms with van der Waals surface area (Å²) in [6, 6.07) is 4.99. The van der Waals surface area contributed by atoms with Crippen molar-refractivity contribution >= 4 is 41.3 Å². The second kappa shape index (κ2) is 12.7. The Morgan fingerprint density at radius 1 is 1.26 bits per heavy atom. The molecule has 0 amide bonds. The molecule has 1 fully saturated rings. The minimum absolute atomic E-state index is 0. The fraction of sp³-hybridized carbons (Fsp3) is 0.619. The van der Waals surface area contributed by atoms with E-state index in [4.69, 9.17) is 4.74 Å². The molecule has 0 saturated carbocycles. The summed E-state index contributed by atoms with van der Waals surface area (Å²) in [5.41, 5.74) is 1.19. The van der Waals surface area contributed by atoms with E-state index in [1.807, 2.05) is 36.3 Å². The average Bonchev–Trinajstić information content (AvgIpc) is 3.35. The molecule has 1 saturated heterocycles. The molecule has 2 unspecified atom stereocenters. The fourth-order valence-corrected chi connectivity index (χ4v) is 4.76.